The third-order valence-electron chi connectivity index (χ3n) is 5.04. The first kappa shape index (κ1) is 19.5. The van der Waals surface area contributed by atoms with Gasteiger partial charge in [0.15, 0.2) is 0 Å². The van der Waals surface area contributed by atoms with Crippen molar-refractivity contribution in [2.24, 2.45) is 0 Å². The van der Waals surface area contributed by atoms with E-state index in [1.165, 1.54) is 18.0 Å². The van der Waals surface area contributed by atoms with E-state index in [9.17, 15) is 13.6 Å². The van der Waals surface area contributed by atoms with Crippen molar-refractivity contribution in [2.45, 2.75) is 45.3 Å². The molecule has 6 nitrogen and oxygen atoms in total. The lowest BCUT2D eigenvalue weighted by Crippen LogP contribution is -2.41. The maximum atomic E-state index is 13.6. The number of alkyl halides is 2. The molecule has 1 aromatic carbocycles. The summed E-state index contributed by atoms with van der Waals surface area (Å²) in [6, 6.07) is 6.28. The second-order valence-electron chi connectivity index (χ2n) is 7.34. The number of ether oxygens (including phenoxy) is 1. The quantitative estimate of drug-likeness (QED) is 0.605. The number of carbonyl (C=O) groups excluding carboxylic acids is 1. The molecule has 2 aromatic rings. The zero-order valence-electron chi connectivity index (χ0n) is 15.8. The van der Waals surface area contributed by atoms with Gasteiger partial charge in [-0.1, -0.05) is 0 Å². The van der Waals surface area contributed by atoms with Gasteiger partial charge in [0.2, 0.25) is 0 Å². The SMILES string of the molecule is COC(=O)c1ccc(-n2cc(B3OC(C)(C)C(C)(C)O3)c(C(F)F)n2)cc1. The Morgan fingerprint density at radius 1 is 1.15 bits per heavy atom. The van der Waals surface area contributed by atoms with E-state index in [0.29, 0.717) is 11.3 Å². The highest BCUT2D eigenvalue weighted by atomic mass is 19.3. The first-order valence-electron chi connectivity index (χ1n) is 8.48. The zero-order chi connectivity index (χ0) is 20.0. The standard InChI is InChI=1S/C18H21BF2N2O4/c1-17(2)18(3,4)27-19(26-17)13-10-23(22-14(13)15(20)21)12-8-6-11(7-9-12)16(24)25-5/h6-10,15H,1-5H3. The number of carbonyl (C=O) groups is 1. The predicted molar refractivity (Wildman–Crippen MR) is 95.6 cm³/mol. The van der Waals surface area contributed by atoms with Gasteiger partial charge in [-0.2, -0.15) is 5.10 Å². The van der Waals surface area contributed by atoms with Crippen LogP contribution in [-0.2, 0) is 14.0 Å². The van der Waals surface area contributed by atoms with Crippen LogP contribution in [0.15, 0.2) is 30.5 Å². The molecule has 144 valence electrons. The summed E-state index contributed by atoms with van der Waals surface area (Å²) >= 11 is 0. The van der Waals surface area contributed by atoms with Gasteiger partial charge >= 0.3 is 13.1 Å². The molecular weight excluding hydrogens is 357 g/mol. The number of methoxy groups -OCH3 is 1. The van der Waals surface area contributed by atoms with Gasteiger partial charge in [-0.3, -0.25) is 0 Å². The number of hydrogen-bond acceptors (Lipinski definition) is 5. The van der Waals surface area contributed by atoms with Crippen molar-refractivity contribution in [1.29, 1.82) is 0 Å². The molecule has 0 atom stereocenters. The monoisotopic (exact) mass is 378 g/mol. The van der Waals surface area contributed by atoms with Crippen molar-refractivity contribution >= 4 is 18.6 Å². The van der Waals surface area contributed by atoms with Crippen molar-refractivity contribution in [3.8, 4) is 5.69 Å². The maximum absolute atomic E-state index is 13.6. The summed E-state index contributed by atoms with van der Waals surface area (Å²) in [6.07, 6.45) is -1.31. The van der Waals surface area contributed by atoms with E-state index >= 15 is 0 Å². The van der Waals surface area contributed by atoms with Gasteiger partial charge in [0.25, 0.3) is 6.43 Å². The van der Waals surface area contributed by atoms with Crippen LogP contribution in [0, 0.1) is 0 Å². The Labute approximate surface area is 156 Å². The van der Waals surface area contributed by atoms with Crippen LogP contribution in [-0.4, -0.2) is 41.2 Å². The number of esters is 1. The molecule has 0 spiro atoms. The molecule has 1 aliphatic rings. The summed E-state index contributed by atoms with van der Waals surface area (Å²) in [5, 5.41) is 4.01. The van der Waals surface area contributed by atoms with Crippen LogP contribution in [0.25, 0.3) is 5.69 Å². The summed E-state index contributed by atoms with van der Waals surface area (Å²) in [7, 11) is 0.345. The number of benzene rings is 1. The highest BCUT2D eigenvalue weighted by molar-refractivity contribution is 6.62. The van der Waals surface area contributed by atoms with E-state index in [0.717, 1.165) is 0 Å². The van der Waals surface area contributed by atoms with Crippen molar-refractivity contribution in [3.05, 3.63) is 41.7 Å². The van der Waals surface area contributed by atoms with Crippen LogP contribution in [0.5, 0.6) is 0 Å². The minimum absolute atomic E-state index is 0.181. The second kappa shape index (κ2) is 6.72. The van der Waals surface area contributed by atoms with Gasteiger partial charge in [0, 0.05) is 11.7 Å². The molecule has 1 saturated heterocycles. The van der Waals surface area contributed by atoms with Crippen molar-refractivity contribution in [2.75, 3.05) is 7.11 Å². The van der Waals surface area contributed by atoms with Crippen LogP contribution in [0.1, 0.15) is 50.2 Å². The van der Waals surface area contributed by atoms with Gasteiger partial charge < -0.3 is 14.0 Å². The number of halogens is 2. The topological polar surface area (TPSA) is 62.6 Å². The molecular formula is C18H21BF2N2O4. The van der Waals surface area contributed by atoms with Crippen LogP contribution in [0.2, 0.25) is 0 Å². The molecule has 9 heteroatoms. The summed E-state index contributed by atoms with van der Waals surface area (Å²) in [5.74, 6) is -0.479. The van der Waals surface area contributed by atoms with Crippen molar-refractivity contribution in [3.63, 3.8) is 0 Å². The smallest absolute Gasteiger partial charge is 0.465 e. The molecule has 27 heavy (non-hydrogen) atoms. The average molecular weight is 378 g/mol. The Balaban J connectivity index is 1.96. The Morgan fingerprint density at radius 3 is 2.19 bits per heavy atom. The molecule has 0 bridgehead atoms. The van der Waals surface area contributed by atoms with Crippen molar-refractivity contribution in [1.82, 2.24) is 9.78 Å². The molecule has 1 aliphatic heterocycles. The van der Waals surface area contributed by atoms with E-state index in [4.69, 9.17) is 9.31 Å². The van der Waals surface area contributed by atoms with Crippen LogP contribution < -0.4 is 5.46 Å². The Hall–Kier alpha value is -2.26. The fraction of sp³-hybridized carbons (Fsp3) is 0.444. The molecule has 0 aliphatic carbocycles. The lowest BCUT2D eigenvalue weighted by atomic mass is 9.79. The molecule has 3 rings (SSSR count). The largest absolute Gasteiger partial charge is 0.498 e. The number of rotatable bonds is 4. The number of aromatic nitrogens is 2. The molecule has 1 aromatic heterocycles. The average Bonchev–Trinajstić information content (AvgIpc) is 3.13. The Morgan fingerprint density at radius 2 is 1.70 bits per heavy atom. The number of nitrogens with zero attached hydrogens (tertiary/aromatic N) is 2. The molecule has 1 fully saturated rings. The minimum atomic E-state index is -2.78. The van der Waals surface area contributed by atoms with Gasteiger partial charge in [-0.15, -0.1) is 0 Å². The van der Waals surface area contributed by atoms with Crippen LogP contribution >= 0.6 is 0 Å². The minimum Gasteiger partial charge on any atom is -0.465 e. The Kier molecular flexibility index (Phi) is 4.86. The zero-order valence-corrected chi connectivity index (χ0v) is 15.8. The second-order valence-corrected chi connectivity index (χ2v) is 7.34. The molecule has 0 amide bonds. The van der Waals surface area contributed by atoms with E-state index in [2.05, 4.69) is 9.84 Å². The third kappa shape index (κ3) is 3.49. The van der Waals surface area contributed by atoms with E-state index in [1.54, 1.807) is 24.3 Å². The Bertz CT molecular complexity index is 834. The number of hydrogen-bond donors (Lipinski definition) is 0. The van der Waals surface area contributed by atoms with Gasteiger partial charge in [0.05, 0.1) is 29.6 Å². The fourth-order valence-corrected chi connectivity index (χ4v) is 2.72. The summed E-state index contributed by atoms with van der Waals surface area (Å²) < 4.78 is 44.9. The molecule has 0 saturated carbocycles. The highest BCUT2D eigenvalue weighted by Gasteiger charge is 2.53. The van der Waals surface area contributed by atoms with E-state index < -0.39 is 36.4 Å². The lowest BCUT2D eigenvalue weighted by molar-refractivity contribution is 0.00578. The van der Waals surface area contributed by atoms with Crippen molar-refractivity contribution < 1.29 is 27.6 Å². The normalized spacial score (nSPS) is 18.1. The van der Waals surface area contributed by atoms with Gasteiger partial charge in [-0.25, -0.2) is 18.3 Å². The van der Waals surface area contributed by atoms with E-state index in [1.807, 2.05) is 27.7 Å². The predicted octanol–water partition coefficient (Wildman–Crippen LogP) is 2.90. The molecule has 0 N–H and O–H groups in total. The lowest BCUT2D eigenvalue weighted by Gasteiger charge is -2.32. The summed E-state index contributed by atoms with van der Waals surface area (Å²) in [4.78, 5) is 11.5. The fourth-order valence-electron chi connectivity index (χ4n) is 2.72. The van der Waals surface area contributed by atoms with Crippen LogP contribution in [0.3, 0.4) is 0 Å². The van der Waals surface area contributed by atoms with E-state index in [-0.39, 0.29) is 5.46 Å². The maximum Gasteiger partial charge on any atom is 0.498 e. The summed E-state index contributed by atoms with van der Waals surface area (Å²) in [5.41, 5.74) is -0.643. The van der Waals surface area contributed by atoms with Gasteiger partial charge in [-0.05, 0) is 52.0 Å². The van der Waals surface area contributed by atoms with Gasteiger partial charge in [0.1, 0.15) is 5.69 Å². The highest BCUT2D eigenvalue weighted by Crippen LogP contribution is 2.37. The first-order valence-corrected chi connectivity index (χ1v) is 8.48. The first-order chi connectivity index (χ1) is 12.6. The molecule has 0 unspecified atom stereocenters. The molecule has 2 heterocycles. The summed E-state index contributed by atoms with van der Waals surface area (Å²) in [6.45, 7) is 7.41. The van der Waals surface area contributed by atoms with Crippen LogP contribution in [0.4, 0.5) is 8.78 Å². The molecule has 0 radical (unpaired) electrons. The third-order valence-corrected chi connectivity index (χ3v) is 5.04.